The average molecular weight is 351 g/mol. The molecule has 1 aliphatic rings. The minimum absolute atomic E-state index is 0.0319. The summed E-state index contributed by atoms with van der Waals surface area (Å²) in [6.45, 7) is 5.41. The molecule has 7 heteroatoms. The fourth-order valence-electron chi connectivity index (χ4n) is 3.29. The van der Waals surface area contributed by atoms with Gasteiger partial charge in [0.25, 0.3) is 5.56 Å². The van der Waals surface area contributed by atoms with Crippen molar-refractivity contribution in [2.75, 3.05) is 20.3 Å². The predicted octanol–water partition coefficient (Wildman–Crippen LogP) is 1.69. The van der Waals surface area contributed by atoms with Gasteiger partial charge < -0.3 is 14.8 Å². The first-order valence-electron chi connectivity index (χ1n) is 8.44. The van der Waals surface area contributed by atoms with E-state index in [4.69, 9.17) is 4.74 Å². The molecule has 2 aromatic rings. The number of aromatic amines is 1. The number of H-pyrrole nitrogens is 1. The van der Waals surface area contributed by atoms with Crippen molar-refractivity contribution in [2.45, 2.75) is 51.8 Å². The van der Waals surface area contributed by atoms with E-state index in [-0.39, 0.29) is 11.6 Å². The first-order chi connectivity index (χ1) is 11.5. The zero-order chi connectivity index (χ0) is 17.3. The molecule has 2 N–H and O–H groups in total. The molecule has 2 aromatic heterocycles. The van der Waals surface area contributed by atoms with Crippen LogP contribution in [0.15, 0.2) is 4.79 Å². The highest BCUT2D eigenvalue weighted by Gasteiger charge is 2.22. The van der Waals surface area contributed by atoms with E-state index in [1.165, 1.54) is 10.4 Å². The zero-order valence-electron chi connectivity index (χ0n) is 14.5. The number of ether oxygens (including phenoxy) is 1. The number of fused-ring (bicyclic) bond motifs is 3. The summed E-state index contributed by atoms with van der Waals surface area (Å²) < 4.78 is 5.00. The number of hydrogen-bond donors (Lipinski definition) is 2. The van der Waals surface area contributed by atoms with Gasteiger partial charge in [-0.15, -0.1) is 11.3 Å². The van der Waals surface area contributed by atoms with Gasteiger partial charge in [0, 0.05) is 24.6 Å². The van der Waals surface area contributed by atoms with E-state index in [1.54, 1.807) is 18.4 Å². The zero-order valence-corrected chi connectivity index (χ0v) is 15.3. The van der Waals surface area contributed by atoms with Crippen LogP contribution in [0.3, 0.4) is 0 Å². The van der Waals surface area contributed by atoms with Gasteiger partial charge in [0.1, 0.15) is 10.7 Å². The topological polar surface area (TPSA) is 78.5 Å². The highest BCUT2D eigenvalue weighted by Crippen LogP contribution is 2.34. The van der Waals surface area contributed by atoms with Crippen LogP contribution in [0.1, 0.15) is 36.5 Å². The third-order valence-electron chi connectivity index (χ3n) is 4.51. The standard InChI is InChI=1S/C17H25N3O3S/c1-10(2)20(7-11(21)9-23-3)8-14-18-16(22)15-12-5-4-6-13(12)24-17(15)19-14/h10-11,21H,4-9H2,1-3H3,(H,18,19,22)/t11-/m1/s1. The van der Waals surface area contributed by atoms with E-state index in [9.17, 15) is 9.90 Å². The molecule has 0 amide bonds. The number of thiophene rings is 1. The molecule has 0 saturated heterocycles. The van der Waals surface area contributed by atoms with Crippen LogP contribution in [0.2, 0.25) is 0 Å². The van der Waals surface area contributed by atoms with Crippen molar-refractivity contribution >= 4 is 21.6 Å². The lowest BCUT2D eigenvalue weighted by Crippen LogP contribution is -2.39. The fourth-order valence-corrected chi connectivity index (χ4v) is 4.57. The summed E-state index contributed by atoms with van der Waals surface area (Å²) in [4.78, 5) is 24.4. The van der Waals surface area contributed by atoms with Crippen molar-refractivity contribution in [1.29, 1.82) is 0 Å². The van der Waals surface area contributed by atoms with Crippen LogP contribution in [0.25, 0.3) is 10.2 Å². The van der Waals surface area contributed by atoms with Gasteiger partial charge in [0.15, 0.2) is 0 Å². The minimum atomic E-state index is -0.557. The lowest BCUT2D eigenvalue weighted by molar-refractivity contribution is 0.0272. The summed E-state index contributed by atoms with van der Waals surface area (Å²) in [5.74, 6) is 0.658. The molecule has 1 aliphatic carbocycles. The van der Waals surface area contributed by atoms with Gasteiger partial charge in [-0.25, -0.2) is 4.98 Å². The Labute approximate surface area is 145 Å². The molecule has 1 atom stereocenters. The molecule has 0 unspecified atom stereocenters. The minimum Gasteiger partial charge on any atom is -0.389 e. The van der Waals surface area contributed by atoms with Gasteiger partial charge in [-0.05, 0) is 38.7 Å². The Hall–Kier alpha value is -1.28. The predicted molar refractivity (Wildman–Crippen MR) is 95.7 cm³/mol. The first-order valence-corrected chi connectivity index (χ1v) is 9.25. The molecule has 0 aliphatic heterocycles. The fraction of sp³-hybridized carbons (Fsp3) is 0.647. The number of aliphatic hydroxyl groups is 1. The SMILES string of the molecule is COC[C@H](O)CN(Cc1nc2sc3c(c2c(=O)[nH]1)CCC3)C(C)C. The number of nitrogens with one attached hydrogen (secondary N) is 1. The summed E-state index contributed by atoms with van der Waals surface area (Å²) in [6.07, 6.45) is 2.63. The largest absolute Gasteiger partial charge is 0.389 e. The molecule has 132 valence electrons. The number of hydrogen-bond acceptors (Lipinski definition) is 6. The van der Waals surface area contributed by atoms with E-state index in [2.05, 4.69) is 28.7 Å². The third-order valence-corrected chi connectivity index (χ3v) is 5.70. The first kappa shape index (κ1) is 17.5. The smallest absolute Gasteiger partial charge is 0.259 e. The van der Waals surface area contributed by atoms with Crippen molar-refractivity contribution < 1.29 is 9.84 Å². The molecule has 6 nitrogen and oxygen atoms in total. The van der Waals surface area contributed by atoms with Crippen molar-refractivity contribution in [2.24, 2.45) is 0 Å². The van der Waals surface area contributed by atoms with Gasteiger partial charge in [-0.1, -0.05) is 0 Å². The number of aliphatic hydroxyl groups excluding tert-OH is 1. The van der Waals surface area contributed by atoms with Crippen LogP contribution in [0.5, 0.6) is 0 Å². The Morgan fingerprint density at radius 2 is 2.21 bits per heavy atom. The van der Waals surface area contributed by atoms with E-state index in [0.717, 1.165) is 29.5 Å². The van der Waals surface area contributed by atoms with Crippen LogP contribution in [0, 0.1) is 0 Å². The maximum atomic E-state index is 12.5. The lowest BCUT2D eigenvalue weighted by atomic mass is 10.2. The van der Waals surface area contributed by atoms with E-state index < -0.39 is 6.10 Å². The van der Waals surface area contributed by atoms with Crippen LogP contribution in [-0.2, 0) is 24.1 Å². The summed E-state index contributed by atoms with van der Waals surface area (Å²) in [7, 11) is 1.58. The number of aryl methyl sites for hydroxylation is 2. The molecule has 3 rings (SSSR count). The molecule has 0 bridgehead atoms. The molecule has 0 saturated carbocycles. The summed E-state index contributed by atoms with van der Waals surface area (Å²) >= 11 is 1.65. The van der Waals surface area contributed by atoms with Crippen molar-refractivity contribution in [3.8, 4) is 0 Å². The van der Waals surface area contributed by atoms with E-state index >= 15 is 0 Å². The molecule has 0 spiro atoms. The maximum Gasteiger partial charge on any atom is 0.259 e. The van der Waals surface area contributed by atoms with Crippen LogP contribution < -0.4 is 5.56 Å². The highest BCUT2D eigenvalue weighted by molar-refractivity contribution is 7.18. The summed E-state index contributed by atoms with van der Waals surface area (Å²) in [5.41, 5.74) is 1.17. The van der Waals surface area contributed by atoms with Crippen molar-refractivity contribution in [3.05, 3.63) is 26.6 Å². The van der Waals surface area contributed by atoms with E-state index in [1.807, 2.05) is 0 Å². The molecular formula is C17H25N3O3S. The second kappa shape index (κ2) is 7.31. The Balaban J connectivity index is 1.84. The van der Waals surface area contributed by atoms with Gasteiger partial charge in [-0.3, -0.25) is 9.69 Å². The monoisotopic (exact) mass is 351 g/mol. The molecule has 24 heavy (non-hydrogen) atoms. The van der Waals surface area contributed by atoms with Gasteiger partial charge in [0.2, 0.25) is 0 Å². The van der Waals surface area contributed by atoms with E-state index in [0.29, 0.717) is 25.5 Å². The number of nitrogens with zero attached hydrogens (tertiary/aromatic N) is 2. The van der Waals surface area contributed by atoms with Crippen LogP contribution in [-0.4, -0.2) is 52.4 Å². The van der Waals surface area contributed by atoms with Crippen LogP contribution in [0.4, 0.5) is 0 Å². The Morgan fingerprint density at radius 1 is 1.42 bits per heavy atom. The quantitative estimate of drug-likeness (QED) is 0.794. The third kappa shape index (κ3) is 3.54. The van der Waals surface area contributed by atoms with Crippen molar-refractivity contribution in [1.82, 2.24) is 14.9 Å². The molecule has 2 heterocycles. The second-order valence-electron chi connectivity index (χ2n) is 6.68. The molecule has 0 fully saturated rings. The second-order valence-corrected chi connectivity index (χ2v) is 7.77. The summed E-state index contributed by atoms with van der Waals surface area (Å²) in [5, 5.41) is 10.8. The van der Waals surface area contributed by atoms with Gasteiger partial charge >= 0.3 is 0 Å². The molecular weight excluding hydrogens is 326 g/mol. The van der Waals surface area contributed by atoms with Gasteiger partial charge in [0.05, 0.1) is 24.6 Å². The number of rotatable bonds is 7. The summed E-state index contributed by atoms with van der Waals surface area (Å²) in [6, 6.07) is 0.228. The van der Waals surface area contributed by atoms with Crippen molar-refractivity contribution in [3.63, 3.8) is 0 Å². The Kier molecular flexibility index (Phi) is 5.34. The maximum absolute atomic E-state index is 12.5. The number of methoxy groups -OCH3 is 1. The Bertz CT molecular complexity index is 768. The molecule has 0 aromatic carbocycles. The molecule has 0 radical (unpaired) electrons. The normalized spacial score (nSPS) is 15.6. The lowest BCUT2D eigenvalue weighted by Gasteiger charge is -2.27. The highest BCUT2D eigenvalue weighted by atomic mass is 32.1. The van der Waals surface area contributed by atoms with Crippen LogP contribution >= 0.6 is 11.3 Å². The van der Waals surface area contributed by atoms with Gasteiger partial charge in [-0.2, -0.15) is 0 Å². The number of aromatic nitrogens is 2. The average Bonchev–Trinajstić information content (AvgIpc) is 3.06. The Morgan fingerprint density at radius 3 is 2.92 bits per heavy atom.